The number of methoxy groups -OCH3 is 1. The van der Waals surface area contributed by atoms with E-state index in [1.54, 1.807) is 7.11 Å². The number of ketones is 1. The minimum Gasteiger partial charge on any atom is -0.396 e. The van der Waals surface area contributed by atoms with Gasteiger partial charge >= 0.3 is 0 Å². The molecule has 1 aliphatic heterocycles. The Morgan fingerprint density at radius 2 is 2.29 bits per heavy atom. The quantitative estimate of drug-likeness (QED) is 0.865. The predicted octanol–water partition coefficient (Wildman–Crippen LogP) is 2.66. The molecule has 0 saturated carbocycles. The zero-order valence-corrected chi connectivity index (χ0v) is 13.5. The number of nitrogens with two attached hydrogens (primary N) is 1. The molecule has 114 valence electrons. The number of rotatable bonds is 4. The second-order valence-electron chi connectivity index (χ2n) is 5.60. The number of Topliss-reactive ketones (excluding diaryl/α,β-unsaturated/α-hetero) is 1. The van der Waals surface area contributed by atoms with Gasteiger partial charge in [0, 0.05) is 26.1 Å². The van der Waals surface area contributed by atoms with E-state index >= 15 is 0 Å². The van der Waals surface area contributed by atoms with Gasteiger partial charge in [-0.15, -0.1) is 11.3 Å². The molecule has 0 aromatic carbocycles. The first-order chi connectivity index (χ1) is 9.99. The molecule has 1 aromatic heterocycles. The summed E-state index contributed by atoms with van der Waals surface area (Å²) in [5.41, 5.74) is 6.80. The van der Waals surface area contributed by atoms with Crippen LogP contribution in [0.3, 0.4) is 0 Å². The minimum absolute atomic E-state index is 0.000510. The number of anilines is 2. The van der Waals surface area contributed by atoms with Crippen LogP contribution < -0.4 is 10.6 Å². The highest BCUT2D eigenvalue weighted by molar-refractivity contribution is 7.19. The first-order valence-electron chi connectivity index (χ1n) is 7.13. The van der Waals surface area contributed by atoms with Crippen molar-refractivity contribution in [3.05, 3.63) is 10.4 Å². The van der Waals surface area contributed by atoms with Gasteiger partial charge in [-0.25, -0.2) is 0 Å². The molecular formula is C15H21N3O2S. The lowest BCUT2D eigenvalue weighted by Crippen LogP contribution is -2.39. The van der Waals surface area contributed by atoms with E-state index < -0.39 is 0 Å². The smallest absolute Gasteiger partial charge is 0.177 e. The lowest BCUT2D eigenvalue weighted by Gasteiger charge is -2.32. The predicted molar refractivity (Wildman–Crippen MR) is 84.9 cm³/mol. The second kappa shape index (κ2) is 6.46. The van der Waals surface area contributed by atoms with Gasteiger partial charge < -0.3 is 15.4 Å². The SMILES string of the molecule is COC1CCCN(c2sc(C(=O)C(C)C)c(N)c2C#N)C1. The van der Waals surface area contributed by atoms with Crippen molar-refractivity contribution in [2.24, 2.45) is 5.92 Å². The van der Waals surface area contributed by atoms with E-state index in [9.17, 15) is 10.1 Å². The average molecular weight is 307 g/mol. The van der Waals surface area contributed by atoms with Crippen molar-refractivity contribution < 1.29 is 9.53 Å². The Balaban J connectivity index is 2.38. The summed E-state index contributed by atoms with van der Waals surface area (Å²) in [5.74, 6) is -0.126. The van der Waals surface area contributed by atoms with Crippen molar-refractivity contribution in [2.75, 3.05) is 30.8 Å². The van der Waals surface area contributed by atoms with Crippen LogP contribution >= 0.6 is 11.3 Å². The standard InChI is InChI=1S/C15H21N3O2S/c1-9(2)13(19)14-12(17)11(7-16)15(21-14)18-6-4-5-10(8-18)20-3/h9-10H,4-6,8,17H2,1-3H3. The number of ether oxygens (including phenoxy) is 1. The monoisotopic (exact) mass is 307 g/mol. The fourth-order valence-corrected chi connectivity index (χ4v) is 3.82. The fraction of sp³-hybridized carbons (Fsp3) is 0.600. The topological polar surface area (TPSA) is 79.3 Å². The number of nitrogens with zero attached hydrogens (tertiary/aromatic N) is 2. The molecule has 2 N–H and O–H groups in total. The summed E-state index contributed by atoms with van der Waals surface area (Å²) in [6.45, 7) is 5.29. The summed E-state index contributed by atoms with van der Waals surface area (Å²) in [6.07, 6.45) is 2.19. The Bertz CT molecular complexity index is 574. The molecule has 1 atom stereocenters. The lowest BCUT2D eigenvalue weighted by molar-refractivity contribution is 0.0895. The molecule has 0 spiro atoms. The molecule has 1 aromatic rings. The molecule has 0 radical (unpaired) electrons. The van der Waals surface area contributed by atoms with Gasteiger partial charge in [-0.1, -0.05) is 13.8 Å². The van der Waals surface area contributed by atoms with Gasteiger partial charge in [-0.05, 0) is 12.8 Å². The highest BCUT2D eigenvalue weighted by Gasteiger charge is 2.28. The number of carbonyl (C=O) groups is 1. The molecular weight excluding hydrogens is 286 g/mol. The van der Waals surface area contributed by atoms with E-state index in [-0.39, 0.29) is 17.8 Å². The number of hydrogen-bond donors (Lipinski definition) is 1. The van der Waals surface area contributed by atoms with Crippen molar-refractivity contribution in [2.45, 2.75) is 32.8 Å². The van der Waals surface area contributed by atoms with Gasteiger partial charge in [0.05, 0.1) is 16.7 Å². The summed E-state index contributed by atoms with van der Waals surface area (Å²) in [6, 6.07) is 2.16. The minimum atomic E-state index is -0.126. The molecule has 1 fully saturated rings. The van der Waals surface area contributed by atoms with E-state index in [4.69, 9.17) is 10.5 Å². The Morgan fingerprint density at radius 3 is 2.86 bits per heavy atom. The van der Waals surface area contributed by atoms with E-state index in [1.807, 2.05) is 13.8 Å². The van der Waals surface area contributed by atoms with Crippen LogP contribution in [-0.4, -0.2) is 32.1 Å². The maximum absolute atomic E-state index is 12.2. The first-order valence-corrected chi connectivity index (χ1v) is 7.95. The molecule has 1 unspecified atom stereocenters. The zero-order valence-electron chi connectivity index (χ0n) is 12.7. The molecule has 6 heteroatoms. The van der Waals surface area contributed by atoms with Crippen LogP contribution in [-0.2, 0) is 4.74 Å². The van der Waals surface area contributed by atoms with E-state index in [0.717, 1.165) is 30.9 Å². The van der Waals surface area contributed by atoms with Crippen molar-refractivity contribution in [1.82, 2.24) is 0 Å². The van der Waals surface area contributed by atoms with Crippen LogP contribution in [0.2, 0.25) is 0 Å². The highest BCUT2D eigenvalue weighted by Crippen LogP contribution is 2.40. The summed E-state index contributed by atoms with van der Waals surface area (Å²) >= 11 is 1.34. The number of thiophene rings is 1. The molecule has 1 aliphatic rings. The van der Waals surface area contributed by atoms with Crippen LogP contribution in [0.25, 0.3) is 0 Å². The third-order valence-corrected chi connectivity index (χ3v) is 5.07. The molecule has 2 rings (SSSR count). The molecule has 5 nitrogen and oxygen atoms in total. The molecule has 0 amide bonds. The van der Waals surface area contributed by atoms with Crippen molar-refractivity contribution in [1.29, 1.82) is 5.26 Å². The number of nitrogen functional groups attached to an aromatic ring is 1. The second-order valence-corrected chi connectivity index (χ2v) is 6.60. The van der Waals surface area contributed by atoms with E-state index in [2.05, 4.69) is 11.0 Å². The Morgan fingerprint density at radius 1 is 1.57 bits per heavy atom. The maximum atomic E-state index is 12.2. The van der Waals surface area contributed by atoms with Crippen LogP contribution in [0.5, 0.6) is 0 Å². The normalized spacial score (nSPS) is 18.8. The number of hydrogen-bond acceptors (Lipinski definition) is 6. The average Bonchev–Trinajstić information content (AvgIpc) is 2.83. The molecule has 0 bridgehead atoms. The Hall–Kier alpha value is -1.58. The summed E-state index contributed by atoms with van der Waals surface area (Å²) in [4.78, 5) is 14.9. The summed E-state index contributed by atoms with van der Waals surface area (Å²) in [5, 5.41) is 10.2. The number of carbonyl (C=O) groups excluding carboxylic acids is 1. The van der Waals surface area contributed by atoms with Gasteiger partial charge in [0.2, 0.25) is 0 Å². The molecule has 1 saturated heterocycles. The van der Waals surface area contributed by atoms with Crippen molar-refractivity contribution in [3.8, 4) is 6.07 Å². The van der Waals surface area contributed by atoms with E-state index in [0.29, 0.717) is 16.1 Å². The fourth-order valence-electron chi connectivity index (χ4n) is 2.52. The summed E-state index contributed by atoms with van der Waals surface area (Å²) in [7, 11) is 1.70. The zero-order chi connectivity index (χ0) is 15.6. The van der Waals surface area contributed by atoms with E-state index in [1.165, 1.54) is 11.3 Å². The van der Waals surface area contributed by atoms with Gasteiger partial charge in [0.25, 0.3) is 0 Å². The number of piperidine rings is 1. The first kappa shape index (κ1) is 15.8. The molecule has 2 heterocycles. The number of nitriles is 1. The van der Waals surface area contributed by atoms with Crippen LogP contribution in [0.15, 0.2) is 0 Å². The third kappa shape index (κ3) is 3.04. The molecule has 21 heavy (non-hydrogen) atoms. The Kier molecular flexibility index (Phi) is 4.86. The van der Waals surface area contributed by atoms with Crippen molar-refractivity contribution in [3.63, 3.8) is 0 Å². The maximum Gasteiger partial charge on any atom is 0.177 e. The highest BCUT2D eigenvalue weighted by atomic mass is 32.1. The molecule has 0 aliphatic carbocycles. The largest absolute Gasteiger partial charge is 0.396 e. The Labute approximate surface area is 129 Å². The van der Waals surface area contributed by atoms with Gasteiger partial charge in [0.1, 0.15) is 16.6 Å². The van der Waals surface area contributed by atoms with Crippen molar-refractivity contribution >= 4 is 27.8 Å². The third-order valence-electron chi connectivity index (χ3n) is 3.79. The lowest BCUT2D eigenvalue weighted by atomic mass is 10.1. The van der Waals surface area contributed by atoms with Gasteiger partial charge in [-0.3, -0.25) is 4.79 Å². The van der Waals surface area contributed by atoms with Crippen LogP contribution in [0.1, 0.15) is 41.9 Å². The van der Waals surface area contributed by atoms with Crippen LogP contribution in [0.4, 0.5) is 10.7 Å². The van der Waals surface area contributed by atoms with Gasteiger partial charge in [0.15, 0.2) is 5.78 Å². The van der Waals surface area contributed by atoms with Crippen LogP contribution in [0, 0.1) is 17.2 Å². The van der Waals surface area contributed by atoms with Gasteiger partial charge in [-0.2, -0.15) is 5.26 Å². The summed E-state index contributed by atoms with van der Waals surface area (Å²) < 4.78 is 5.42.